The molecule has 4 nitrogen and oxygen atoms in total. The molecular formula is C17H21FIN3O. The van der Waals surface area contributed by atoms with Crippen LogP contribution in [0.25, 0.3) is 0 Å². The van der Waals surface area contributed by atoms with Gasteiger partial charge in [-0.3, -0.25) is 4.99 Å². The zero-order valence-corrected chi connectivity index (χ0v) is 15.3. The lowest BCUT2D eigenvalue weighted by Crippen LogP contribution is -2.38. The highest BCUT2D eigenvalue weighted by Crippen LogP contribution is 2.07. The molecule has 2 N–H and O–H groups in total. The number of halogens is 2. The Labute approximate surface area is 153 Å². The number of ether oxygens (including phenoxy) is 1. The Morgan fingerprint density at radius 1 is 1.09 bits per heavy atom. The second kappa shape index (κ2) is 10.8. The first-order valence-electron chi connectivity index (χ1n) is 7.15. The van der Waals surface area contributed by atoms with Gasteiger partial charge in [0.2, 0.25) is 0 Å². The van der Waals surface area contributed by atoms with Crippen LogP contribution in [0.2, 0.25) is 0 Å². The number of nitrogens with zero attached hydrogens (tertiary/aromatic N) is 1. The minimum absolute atomic E-state index is 0. The summed E-state index contributed by atoms with van der Waals surface area (Å²) in [6, 6.07) is 16.1. The van der Waals surface area contributed by atoms with E-state index >= 15 is 0 Å². The molecule has 0 radical (unpaired) electrons. The van der Waals surface area contributed by atoms with E-state index in [9.17, 15) is 4.39 Å². The quantitative estimate of drug-likeness (QED) is 0.321. The maximum absolute atomic E-state index is 13.1. The van der Waals surface area contributed by atoms with E-state index in [1.165, 1.54) is 12.1 Å². The van der Waals surface area contributed by atoms with E-state index in [1.54, 1.807) is 13.1 Å². The van der Waals surface area contributed by atoms with Crippen molar-refractivity contribution in [3.8, 4) is 5.75 Å². The highest BCUT2D eigenvalue weighted by Gasteiger charge is 1.99. The molecule has 0 atom stereocenters. The third-order valence-corrected chi connectivity index (χ3v) is 2.98. The molecular weight excluding hydrogens is 408 g/mol. The average molecular weight is 429 g/mol. The first-order chi connectivity index (χ1) is 10.8. The molecule has 0 unspecified atom stereocenters. The van der Waals surface area contributed by atoms with Crippen LogP contribution in [0.3, 0.4) is 0 Å². The molecule has 0 aliphatic rings. The average Bonchev–Trinajstić information content (AvgIpc) is 2.55. The van der Waals surface area contributed by atoms with Crippen molar-refractivity contribution in [2.75, 3.05) is 20.2 Å². The zero-order chi connectivity index (χ0) is 15.6. The van der Waals surface area contributed by atoms with E-state index in [4.69, 9.17) is 4.74 Å². The standard InChI is InChI=1S/C17H20FN3O.HI/c1-19-17(21-13-14-6-5-7-15(18)12-14)20-10-11-22-16-8-3-2-4-9-16;/h2-9,12H,10-11,13H2,1H3,(H2,19,20,21);1H. The van der Waals surface area contributed by atoms with Crippen molar-refractivity contribution >= 4 is 29.9 Å². The van der Waals surface area contributed by atoms with Crippen LogP contribution >= 0.6 is 24.0 Å². The number of para-hydroxylation sites is 1. The normalized spacial score (nSPS) is 10.6. The second-order valence-corrected chi connectivity index (χ2v) is 4.64. The fourth-order valence-corrected chi connectivity index (χ4v) is 1.91. The van der Waals surface area contributed by atoms with Crippen molar-refractivity contribution in [3.05, 3.63) is 66.0 Å². The molecule has 0 spiro atoms. The minimum atomic E-state index is -0.237. The molecule has 6 heteroatoms. The summed E-state index contributed by atoms with van der Waals surface area (Å²) in [5.41, 5.74) is 0.864. The summed E-state index contributed by atoms with van der Waals surface area (Å²) in [5.74, 6) is 1.26. The monoisotopic (exact) mass is 429 g/mol. The van der Waals surface area contributed by atoms with Gasteiger partial charge in [0, 0.05) is 13.6 Å². The van der Waals surface area contributed by atoms with Gasteiger partial charge in [-0.1, -0.05) is 30.3 Å². The van der Waals surface area contributed by atoms with E-state index in [2.05, 4.69) is 15.6 Å². The molecule has 0 amide bonds. The predicted molar refractivity (Wildman–Crippen MR) is 102 cm³/mol. The van der Waals surface area contributed by atoms with Gasteiger partial charge < -0.3 is 15.4 Å². The third kappa shape index (κ3) is 7.32. The lowest BCUT2D eigenvalue weighted by molar-refractivity contribution is 0.322. The fraction of sp³-hybridized carbons (Fsp3) is 0.235. The van der Waals surface area contributed by atoms with E-state index in [0.717, 1.165) is 11.3 Å². The molecule has 124 valence electrons. The van der Waals surface area contributed by atoms with Crippen LogP contribution in [0.15, 0.2) is 59.6 Å². The van der Waals surface area contributed by atoms with E-state index in [0.29, 0.717) is 25.7 Å². The van der Waals surface area contributed by atoms with Crippen molar-refractivity contribution < 1.29 is 9.13 Å². The molecule has 0 saturated carbocycles. The van der Waals surface area contributed by atoms with Gasteiger partial charge in [0.1, 0.15) is 18.2 Å². The van der Waals surface area contributed by atoms with Gasteiger partial charge in [-0.25, -0.2) is 4.39 Å². The fourth-order valence-electron chi connectivity index (χ4n) is 1.91. The Morgan fingerprint density at radius 2 is 1.87 bits per heavy atom. The Hall–Kier alpha value is -1.83. The Kier molecular flexibility index (Phi) is 9.04. The Balaban J connectivity index is 0.00000264. The molecule has 0 bridgehead atoms. The lowest BCUT2D eigenvalue weighted by atomic mass is 10.2. The van der Waals surface area contributed by atoms with Crippen molar-refractivity contribution in [2.45, 2.75) is 6.54 Å². The summed E-state index contributed by atoms with van der Waals surface area (Å²) in [4.78, 5) is 4.12. The summed E-state index contributed by atoms with van der Waals surface area (Å²) < 4.78 is 18.7. The van der Waals surface area contributed by atoms with E-state index in [1.807, 2.05) is 36.4 Å². The number of nitrogens with one attached hydrogen (secondary N) is 2. The molecule has 0 aliphatic heterocycles. The summed E-state index contributed by atoms with van der Waals surface area (Å²) in [5, 5.41) is 6.27. The minimum Gasteiger partial charge on any atom is -0.492 e. The number of aliphatic imine (C=N–C) groups is 1. The van der Waals surface area contributed by atoms with Gasteiger partial charge in [0.05, 0.1) is 6.54 Å². The molecule has 2 aromatic carbocycles. The largest absolute Gasteiger partial charge is 0.492 e. The summed E-state index contributed by atoms with van der Waals surface area (Å²) in [7, 11) is 1.69. The molecule has 23 heavy (non-hydrogen) atoms. The topological polar surface area (TPSA) is 45.7 Å². The van der Waals surface area contributed by atoms with Crippen molar-refractivity contribution in [1.29, 1.82) is 0 Å². The number of rotatable bonds is 6. The summed E-state index contributed by atoms with van der Waals surface area (Å²) in [6.07, 6.45) is 0. The summed E-state index contributed by atoms with van der Waals surface area (Å²) >= 11 is 0. The molecule has 0 heterocycles. The molecule has 0 aromatic heterocycles. The highest BCUT2D eigenvalue weighted by atomic mass is 127. The first kappa shape index (κ1) is 19.2. The van der Waals surface area contributed by atoms with Gasteiger partial charge in [-0.15, -0.1) is 24.0 Å². The summed E-state index contributed by atoms with van der Waals surface area (Å²) in [6.45, 7) is 1.67. The van der Waals surface area contributed by atoms with Gasteiger partial charge in [0.25, 0.3) is 0 Å². The number of guanidine groups is 1. The van der Waals surface area contributed by atoms with E-state index < -0.39 is 0 Å². The Bertz CT molecular complexity index is 608. The molecule has 0 fully saturated rings. The van der Waals surface area contributed by atoms with Gasteiger partial charge in [-0.05, 0) is 29.8 Å². The molecule has 0 saturated heterocycles. The van der Waals surface area contributed by atoms with Crippen molar-refractivity contribution in [2.24, 2.45) is 4.99 Å². The third-order valence-electron chi connectivity index (χ3n) is 2.98. The van der Waals surface area contributed by atoms with E-state index in [-0.39, 0.29) is 29.8 Å². The number of hydrogen-bond acceptors (Lipinski definition) is 2. The van der Waals surface area contributed by atoms with Crippen molar-refractivity contribution in [3.63, 3.8) is 0 Å². The van der Waals surface area contributed by atoms with Crippen LogP contribution < -0.4 is 15.4 Å². The van der Waals surface area contributed by atoms with Crippen molar-refractivity contribution in [1.82, 2.24) is 10.6 Å². The Morgan fingerprint density at radius 3 is 2.57 bits per heavy atom. The molecule has 2 aromatic rings. The molecule has 0 aliphatic carbocycles. The van der Waals surface area contributed by atoms with Crippen LogP contribution in [-0.2, 0) is 6.54 Å². The van der Waals surface area contributed by atoms with Crippen LogP contribution in [0, 0.1) is 5.82 Å². The molecule has 2 rings (SSSR count). The smallest absolute Gasteiger partial charge is 0.191 e. The lowest BCUT2D eigenvalue weighted by Gasteiger charge is -2.12. The zero-order valence-electron chi connectivity index (χ0n) is 13.0. The van der Waals surface area contributed by atoms with Gasteiger partial charge in [-0.2, -0.15) is 0 Å². The van der Waals surface area contributed by atoms with Crippen LogP contribution in [0.1, 0.15) is 5.56 Å². The van der Waals surface area contributed by atoms with Crippen LogP contribution in [-0.4, -0.2) is 26.2 Å². The number of hydrogen-bond donors (Lipinski definition) is 2. The maximum atomic E-state index is 13.1. The van der Waals surface area contributed by atoms with Gasteiger partial charge >= 0.3 is 0 Å². The highest BCUT2D eigenvalue weighted by molar-refractivity contribution is 14.0. The SMILES string of the molecule is CN=C(NCCOc1ccccc1)NCc1cccc(F)c1.I. The first-order valence-corrected chi connectivity index (χ1v) is 7.15. The predicted octanol–water partition coefficient (Wildman–Crippen LogP) is 3.19. The maximum Gasteiger partial charge on any atom is 0.191 e. The number of benzene rings is 2. The van der Waals surface area contributed by atoms with Crippen LogP contribution in [0.4, 0.5) is 4.39 Å². The van der Waals surface area contributed by atoms with Gasteiger partial charge in [0.15, 0.2) is 5.96 Å². The second-order valence-electron chi connectivity index (χ2n) is 4.64. The van der Waals surface area contributed by atoms with Crippen LogP contribution in [0.5, 0.6) is 5.75 Å².